The molecule has 1 aromatic rings. The van der Waals surface area contributed by atoms with Crippen molar-refractivity contribution in [1.82, 2.24) is 15.1 Å². The number of aryl methyl sites for hydroxylation is 2. The molecule has 0 aromatic carbocycles. The number of carbonyl (C=O) groups is 1. The predicted octanol–water partition coefficient (Wildman–Crippen LogP) is 1.86. The summed E-state index contributed by atoms with van der Waals surface area (Å²) in [4.78, 5) is 12.3. The van der Waals surface area contributed by atoms with Crippen molar-refractivity contribution in [3.63, 3.8) is 0 Å². The van der Waals surface area contributed by atoms with E-state index >= 15 is 0 Å². The molecular weight excluding hydrogens is 294 g/mol. The van der Waals surface area contributed by atoms with Gasteiger partial charge in [0.05, 0.1) is 15.9 Å². The second-order valence-corrected chi connectivity index (χ2v) is 5.64. The standard InChI is InChI=1S/C13H20BrN3O/c1-3-10-13(14)11(17(2)16-10)8-12(18)9-4-6-15-7-5-9/h9,15H,3-8H2,1-2H3. The predicted molar refractivity (Wildman–Crippen MR) is 74.6 cm³/mol. The Morgan fingerprint density at radius 1 is 1.50 bits per heavy atom. The molecule has 0 unspecified atom stereocenters. The molecule has 1 N–H and O–H groups in total. The summed E-state index contributed by atoms with van der Waals surface area (Å²) in [5.74, 6) is 0.570. The fourth-order valence-corrected chi connectivity index (χ4v) is 3.22. The Morgan fingerprint density at radius 2 is 2.17 bits per heavy atom. The second kappa shape index (κ2) is 5.97. The van der Waals surface area contributed by atoms with Crippen LogP contribution in [0.15, 0.2) is 4.47 Å². The van der Waals surface area contributed by atoms with Gasteiger partial charge in [-0.1, -0.05) is 6.92 Å². The van der Waals surface area contributed by atoms with Gasteiger partial charge >= 0.3 is 0 Å². The van der Waals surface area contributed by atoms with E-state index in [9.17, 15) is 4.79 Å². The monoisotopic (exact) mass is 313 g/mol. The van der Waals surface area contributed by atoms with Gasteiger partial charge in [-0.15, -0.1) is 0 Å². The van der Waals surface area contributed by atoms with Crippen molar-refractivity contribution in [2.75, 3.05) is 13.1 Å². The van der Waals surface area contributed by atoms with Crippen LogP contribution in [0.25, 0.3) is 0 Å². The SMILES string of the molecule is CCc1nn(C)c(CC(=O)C2CCNCC2)c1Br. The highest BCUT2D eigenvalue weighted by Gasteiger charge is 2.23. The molecule has 0 atom stereocenters. The minimum absolute atomic E-state index is 0.220. The summed E-state index contributed by atoms with van der Waals surface area (Å²) >= 11 is 3.57. The van der Waals surface area contributed by atoms with E-state index in [0.717, 1.165) is 48.2 Å². The fourth-order valence-electron chi connectivity index (χ4n) is 2.47. The van der Waals surface area contributed by atoms with Crippen LogP contribution < -0.4 is 5.32 Å². The van der Waals surface area contributed by atoms with Crippen molar-refractivity contribution < 1.29 is 4.79 Å². The van der Waals surface area contributed by atoms with Gasteiger partial charge in [-0.3, -0.25) is 9.48 Å². The third-order valence-electron chi connectivity index (χ3n) is 3.64. The third-order valence-corrected chi connectivity index (χ3v) is 4.55. The van der Waals surface area contributed by atoms with Crippen LogP contribution in [0.2, 0.25) is 0 Å². The van der Waals surface area contributed by atoms with Gasteiger partial charge in [-0.25, -0.2) is 0 Å². The average Bonchev–Trinajstić information content (AvgIpc) is 2.67. The van der Waals surface area contributed by atoms with Crippen molar-refractivity contribution in [3.05, 3.63) is 15.9 Å². The quantitative estimate of drug-likeness (QED) is 0.923. The van der Waals surface area contributed by atoms with Crippen molar-refractivity contribution in [3.8, 4) is 0 Å². The molecule has 1 saturated heterocycles. The number of Topliss-reactive ketones (excluding diaryl/α,β-unsaturated/α-hetero) is 1. The maximum atomic E-state index is 12.3. The zero-order valence-electron chi connectivity index (χ0n) is 11.0. The van der Waals surface area contributed by atoms with E-state index in [4.69, 9.17) is 0 Å². The van der Waals surface area contributed by atoms with E-state index < -0.39 is 0 Å². The first-order valence-corrected chi connectivity index (χ1v) is 7.36. The molecule has 0 saturated carbocycles. The number of rotatable bonds is 4. The highest BCUT2D eigenvalue weighted by atomic mass is 79.9. The molecule has 1 aliphatic heterocycles. The fraction of sp³-hybridized carbons (Fsp3) is 0.692. The number of nitrogens with zero attached hydrogens (tertiary/aromatic N) is 2. The third kappa shape index (κ3) is 2.83. The van der Waals surface area contributed by atoms with E-state index in [1.165, 1.54) is 0 Å². The van der Waals surface area contributed by atoms with Gasteiger partial charge in [0.2, 0.25) is 0 Å². The van der Waals surface area contributed by atoms with E-state index in [-0.39, 0.29) is 5.92 Å². The molecule has 1 aliphatic rings. The first kappa shape index (κ1) is 13.7. The number of hydrogen-bond acceptors (Lipinski definition) is 3. The summed E-state index contributed by atoms with van der Waals surface area (Å²) < 4.78 is 2.84. The van der Waals surface area contributed by atoms with Crippen molar-refractivity contribution in [2.45, 2.75) is 32.6 Å². The maximum absolute atomic E-state index is 12.3. The Hall–Kier alpha value is -0.680. The molecule has 1 fully saturated rings. The van der Waals surface area contributed by atoms with Crippen LogP contribution in [0.1, 0.15) is 31.2 Å². The van der Waals surface area contributed by atoms with Crippen molar-refractivity contribution in [2.24, 2.45) is 13.0 Å². The minimum Gasteiger partial charge on any atom is -0.317 e. The molecule has 0 aliphatic carbocycles. The molecule has 0 radical (unpaired) electrons. The largest absolute Gasteiger partial charge is 0.317 e. The number of hydrogen-bond donors (Lipinski definition) is 1. The van der Waals surface area contributed by atoms with Crippen LogP contribution in [-0.2, 0) is 24.7 Å². The number of carbonyl (C=O) groups excluding carboxylic acids is 1. The summed E-state index contributed by atoms with van der Waals surface area (Å²) in [6.07, 6.45) is 3.31. The lowest BCUT2D eigenvalue weighted by molar-refractivity contribution is -0.123. The summed E-state index contributed by atoms with van der Waals surface area (Å²) in [6.45, 7) is 4.00. The second-order valence-electron chi connectivity index (χ2n) is 4.85. The zero-order chi connectivity index (χ0) is 13.1. The Bertz CT molecular complexity index is 436. The van der Waals surface area contributed by atoms with Crippen LogP contribution in [0, 0.1) is 5.92 Å². The van der Waals surface area contributed by atoms with Crippen molar-refractivity contribution in [1.29, 1.82) is 0 Å². The lowest BCUT2D eigenvalue weighted by Crippen LogP contribution is -2.32. The average molecular weight is 314 g/mol. The molecule has 2 rings (SSSR count). The van der Waals surface area contributed by atoms with Crippen LogP contribution in [-0.4, -0.2) is 28.7 Å². The van der Waals surface area contributed by atoms with Gasteiger partial charge < -0.3 is 5.32 Å². The van der Waals surface area contributed by atoms with Crippen molar-refractivity contribution >= 4 is 21.7 Å². The number of aromatic nitrogens is 2. The first-order valence-electron chi connectivity index (χ1n) is 6.57. The summed E-state index contributed by atoms with van der Waals surface area (Å²) in [5, 5.41) is 7.72. The van der Waals surface area contributed by atoms with Crippen LogP contribution >= 0.6 is 15.9 Å². The minimum atomic E-state index is 0.220. The Kier molecular flexibility index (Phi) is 4.56. The van der Waals surface area contributed by atoms with Crippen LogP contribution in [0.4, 0.5) is 0 Å². The number of piperidine rings is 1. The highest BCUT2D eigenvalue weighted by Crippen LogP contribution is 2.24. The molecule has 0 amide bonds. The molecule has 4 nitrogen and oxygen atoms in total. The molecular formula is C13H20BrN3O. The normalized spacial score (nSPS) is 17.1. The number of nitrogens with one attached hydrogen (secondary N) is 1. The first-order chi connectivity index (χ1) is 8.63. The lowest BCUT2D eigenvalue weighted by atomic mass is 9.91. The van der Waals surface area contributed by atoms with Gasteiger partial charge in [0.25, 0.3) is 0 Å². The lowest BCUT2D eigenvalue weighted by Gasteiger charge is -2.21. The van der Waals surface area contributed by atoms with E-state index in [1.54, 1.807) is 0 Å². The maximum Gasteiger partial charge on any atom is 0.142 e. The van der Waals surface area contributed by atoms with E-state index in [1.807, 2.05) is 11.7 Å². The van der Waals surface area contributed by atoms with Crippen LogP contribution in [0.3, 0.4) is 0 Å². The summed E-state index contributed by atoms with van der Waals surface area (Å²) in [5.41, 5.74) is 2.04. The Labute approximate surface area is 116 Å². The Balaban J connectivity index is 2.08. The number of halogens is 1. The summed E-state index contributed by atoms with van der Waals surface area (Å²) in [7, 11) is 1.91. The van der Waals surface area contributed by atoms with Crippen LogP contribution in [0.5, 0.6) is 0 Å². The summed E-state index contributed by atoms with van der Waals surface area (Å²) in [6, 6.07) is 0. The number of ketones is 1. The Morgan fingerprint density at radius 3 is 2.72 bits per heavy atom. The topological polar surface area (TPSA) is 46.9 Å². The molecule has 18 heavy (non-hydrogen) atoms. The molecule has 0 bridgehead atoms. The van der Waals surface area contributed by atoms with E-state index in [0.29, 0.717) is 12.2 Å². The van der Waals surface area contributed by atoms with Gasteiger partial charge in [0, 0.05) is 19.4 Å². The zero-order valence-corrected chi connectivity index (χ0v) is 12.6. The molecule has 1 aromatic heterocycles. The van der Waals surface area contributed by atoms with Gasteiger partial charge in [-0.2, -0.15) is 5.10 Å². The highest BCUT2D eigenvalue weighted by molar-refractivity contribution is 9.10. The smallest absolute Gasteiger partial charge is 0.142 e. The molecule has 5 heteroatoms. The van der Waals surface area contributed by atoms with Gasteiger partial charge in [0.15, 0.2) is 0 Å². The van der Waals surface area contributed by atoms with Gasteiger partial charge in [0.1, 0.15) is 5.78 Å². The molecule has 2 heterocycles. The molecule has 100 valence electrons. The van der Waals surface area contributed by atoms with Gasteiger partial charge in [-0.05, 0) is 48.3 Å². The van der Waals surface area contributed by atoms with E-state index in [2.05, 4.69) is 33.3 Å². The molecule has 0 spiro atoms.